The number of halogens is 6. The first-order chi connectivity index (χ1) is 10.5. The van der Waals surface area contributed by atoms with Gasteiger partial charge < -0.3 is 0 Å². The lowest BCUT2D eigenvalue weighted by Crippen LogP contribution is -2.39. The van der Waals surface area contributed by atoms with E-state index in [2.05, 4.69) is 0 Å². The molecule has 0 bridgehead atoms. The zero-order chi connectivity index (χ0) is 17.4. The van der Waals surface area contributed by atoms with Crippen molar-refractivity contribution >= 4 is 11.8 Å². The summed E-state index contributed by atoms with van der Waals surface area (Å²) in [6.07, 6.45) is -9.53. The average Bonchev–Trinajstić information content (AvgIpc) is 2.41. The molecular formula is C14H11F6NO2. The molecule has 0 atom stereocenters. The maximum Gasteiger partial charge on any atom is 0.416 e. The smallest absolute Gasteiger partial charge is 0.278 e. The second-order valence-corrected chi connectivity index (χ2v) is 5.14. The molecule has 0 saturated carbocycles. The Morgan fingerprint density at radius 2 is 1.26 bits per heavy atom. The van der Waals surface area contributed by atoms with Crippen molar-refractivity contribution in [3.8, 4) is 0 Å². The number of hydrogen-bond donors (Lipinski definition) is 0. The van der Waals surface area contributed by atoms with Crippen molar-refractivity contribution in [3.63, 3.8) is 0 Å². The molecule has 1 fully saturated rings. The van der Waals surface area contributed by atoms with Gasteiger partial charge in [0.15, 0.2) is 0 Å². The highest BCUT2D eigenvalue weighted by atomic mass is 19.4. The van der Waals surface area contributed by atoms with Crippen LogP contribution < -0.4 is 0 Å². The summed E-state index contributed by atoms with van der Waals surface area (Å²) >= 11 is 0. The van der Waals surface area contributed by atoms with E-state index in [4.69, 9.17) is 0 Å². The highest BCUT2D eigenvalue weighted by Crippen LogP contribution is 2.36. The fraction of sp³-hybridized carbons (Fsp3) is 0.429. The minimum absolute atomic E-state index is 0.00332. The molecule has 1 aromatic rings. The first-order valence-electron chi connectivity index (χ1n) is 6.60. The number of carbonyl (C=O) groups is 2. The minimum Gasteiger partial charge on any atom is -0.278 e. The van der Waals surface area contributed by atoms with Crippen LogP contribution in [0.3, 0.4) is 0 Å². The average molecular weight is 339 g/mol. The topological polar surface area (TPSA) is 37.4 Å². The summed E-state index contributed by atoms with van der Waals surface area (Å²) in [6, 6.07) is 1.04. The van der Waals surface area contributed by atoms with Crippen molar-refractivity contribution < 1.29 is 35.9 Å². The monoisotopic (exact) mass is 339 g/mol. The number of piperidine rings is 1. The number of amides is 2. The third-order valence-corrected chi connectivity index (χ3v) is 3.37. The van der Waals surface area contributed by atoms with Gasteiger partial charge in [0.1, 0.15) is 0 Å². The van der Waals surface area contributed by atoms with E-state index >= 15 is 0 Å². The quantitative estimate of drug-likeness (QED) is 0.608. The van der Waals surface area contributed by atoms with Gasteiger partial charge in [0.05, 0.1) is 17.7 Å². The largest absolute Gasteiger partial charge is 0.416 e. The molecule has 0 N–H and O–H groups in total. The minimum atomic E-state index is -4.97. The Bertz CT molecular complexity index is 587. The van der Waals surface area contributed by atoms with Gasteiger partial charge >= 0.3 is 12.4 Å². The van der Waals surface area contributed by atoms with Crippen LogP contribution in [0.25, 0.3) is 0 Å². The maximum atomic E-state index is 12.8. The second-order valence-electron chi connectivity index (χ2n) is 5.14. The third kappa shape index (κ3) is 4.02. The van der Waals surface area contributed by atoms with Gasteiger partial charge in [-0.05, 0) is 30.2 Å². The van der Waals surface area contributed by atoms with Crippen LogP contribution in [-0.2, 0) is 28.5 Å². The summed E-state index contributed by atoms with van der Waals surface area (Å²) in [5.74, 6) is -1.21. The first kappa shape index (κ1) is 17.3. The van der Waals surface area contributed by atoms with Gasteiger partial charge in [-0.25, -0.2) is 0 Å². The van der Waals surface area contributed by atoms with E-state index in [1.807, 2.05) is 0 Å². The fourth-order valence-electron chi connectivity index (χ4n) is 2.27. The molecule has 0 aromatic heterocycles. The van der Waals surface area contributed by atoms with Crippen LogP contribution in [0.2, 0.25) is 0 Å². The standard InChI is InChI=1S/C14H11F6NO2/c15-13(16,17)9-4-8(5-10(6-9)14(18,19)20)7-21-11(22)2-1-3-12(21)23/h4-6H,1-3,7H2. The molecule has 2 rings (SSSR count). The van der Waals surface area contributed by atoms with E-state index in [9.17, 15) is 35.9 Å². The molecule has 1 saturated heterocycles. The Morgan fingerprint density at radius 3 is 1.65 bits per heavy atom. The summed E-state index contributed by atoms with van der Waals surface area (Å²) in [4.78, 5) is 24.0. The van der Waals surface area contributed by atoms with Gasteiger partial charge in [-0.3, -0.25) is 14.5 Å². The maximum absolute atomic E-state index is 12.8. The van der Waals surface area contributed by atoms with Gasteiger partial charge in [0.25, 0.3) is 0 Å². The van der Waals surface area contributed by atoms with E-state index in [1.54, 1.807) is 0 Å². The van der Waals surface area contributed by atoms with Crippen molar-refractivity contribution in [1.29, 1.82) is 0 Å². The molecule has 0 unspecified atom stereocenters. The summed E-state index contributed by atoms with van der Waals surface area (Å²) in [6.45, 7) is -0.606. The number of carbonyl (C=O) groups excluding carboxylic acids is 2. The molecule has 3 nitrogen and oxygen atoms in total. The van der Waals surface area contributed by atoms with Crippen LogP contribution in [0.1, 0.15) is 36.0 Å². The molecule has 1 aliphatic rings. The van der Waals surface area contributed by atoms with E-state index in [0.29, 0.717) is 23.5 Å². The van der Waals surface area contributed by atoms with Gasteiger partial charge in [0.2, 0.25) is 11.8 Å². The summed E-state index contributed by atoms with van der Waals surface area (Å²) < 4.78 is 76.5. The predicted molar refractivity (Wildman–Crippen MR) is 65.9 cm³/mol. The van der Waals surface area contributed by atoms with Crippen LogP contribution in [0.4, 0.5) is 26.3 Å². The number of rotatable bonds is 2. The Hall–Kier alpha value is -2.06. The normalized spacial score (nSPS) is 16.9. The number of benzene rings is 1. The fourth-order valence-corrected chi connectivity index (χ4v) is 2.27. The van der Waals surface area contributed by atoms with Crippen LogP contribution >= 0.6 is 0 Å². The van der Waals surface area contributed by atoms with Crippen molar-refractivity contribution in [2.45, 2.75) is 38.2 Å². The molecule has 0 spiro atoms. The highest BCUT2D eigenvalue weighted by Gasteiger charge is 2.37. The number of nitrogens with zero attached hydrogens (tertiary/aromatic N) is 1. The van der Waals surface area contributed by atoms with E-state index in [0.717, 1.165) is 0 Å². The first-order valence-corrected chi connectivity index (χ1v) is 6.60. The molecule has 9 heteroatoms. The Morgan fingerprint density at radius 1 is 0.826 bits per heavy atom. The van der Waals surface area contributed by atoms with Crippen LogP contribution in [0.5, 0.6) is 0 Å². The lowest BCUT2D eigenvalue weighted by molar-refractivity contribution is -0.148. The number of likely N-dealkylation sites (tertiary alicyclic amines) is 1. The highest BCUT2D eigenvalue weighted by molar-refractivity contribution is 5.97. The van der Waals surface area contributed by atoms with Crippen LogP contribution in [0.15, 0.2) is 18.2 Å². The lowest BCUT2D eigenvalue weighted by Gasteiger charge is -2.25. The van der Waals surface area contributed by atoms with Crippen molar-refractivity contribution in [3.05, 3.63) is 34.9 Å². The summed E-state index contributed by atoms with van der Waals surface area (Å²) in [5, 5.41) is 0. The molecule has 0 aliphatic carbocycles. The molecule has 1 aromatic carbocycles. The van der Waals surface area contributed by atoms with Gasteiger partial charge in [-0.15, -0.1) is 0 Å². The van der Waals surface area contributed by atoms with Gasteiger partial charge in [0, 0.05) is 12.8 Å². The van der Waals surface area contributed by atoms with E-state index in [1.165, 1.54) is 0 Å². The van der Waals surface area contributed by atoms with Crippen molar-refractivity contribution in [2.24, 2.45) is 0 Å². The number of imide groups is 1. The molecule has 23 heavy (non-hydrogen) atoms. The zero-order valence-electron chi connectivity index (χ0n) is 11.6. The second kappa shape index (κ2) is 5.86. The molecule has 2 amide bonds. The number of alkyl halides is 6. The van der Waals surface area contributed by atoms with E-state index < -0.39 is 47.4 Å². The predicted octanol–water partition coefficient (Wildman–Crippen LogP) is 3.76. The van der Waals surface area contributed by atoms with Crippen LogP contribution in [-0.4, -0.2) is 16.7 Å². The third-order valence-electron chi connectivity index (χ3n) is 3.37. The van der Waals surface area contributed by atoms with Gasteiger partial charge in [-0.1, -0.05) is 0 Å². The zero-order valence-corrected chi connectivity index (χ0v) is 11.6. The number of hydrogen-bond acceptors (Lipinski definition) is 2. The Kier molecular flexibility index (Phi) is 4.41. The molecule has 1 heterocycles. The molecule has 0 radical (unpaired) electrons. The molecular weight excluding hydrogens is 328 g/mol. The van der Waals surface area contributed by atoms with Crippen molar-refractivity contribution in [2.75, 3.05) is 0 Å². The summed E-state index contributed by atoms with van der Waals surface area (Å²) in [7, 11) is 0. The van der Waals surface area contributed by atoms with Gasteiger partial charge in [-0.2, -0.15) is 26.3 Å². The van der Waals surface area contributed by atoms with Crippen LogP contribution in [0, 0.1) is 0 Å². The molecule has 126 valence electrons. The Balaban J connectivity index is 2.41. The molecule has 1 aliphatic heterocycles. The SMILES string of the molecule is O=C1CCCC(=O)N1Cc1cc(C(F)(F)F)cc(C(F)(F)F)c1. The lowest BCUT2D eigenvalue weighted by atomic mass is 10.0. The summed E-state index contributed by atoms with van der Waals surface area (Å²) in [5.41, 5.74) is -3.34. The Labute approximate surface area is 126 Å². The van der Waals surface area contributed by atoms with Crippen molar-refractivity contribution in [1.82, 2.24) is 4.90 Å². The van der Waals surface area contributed by atoms with E-state index in [-0.39, 0.29) is 18.9 Å².